The Hall–Kier alpha value is -1.23. The number of nitrogens with zero attached hydrogens (tertiary/aromatic N) is 1. The molecule has 1 aromatic rings. The normalized spacial score (nSPS) is 11.6. The molecule has 5 heteroatoms. The van der Waals surface area contributed by atoms with Gasteiger partial charge in [0.25, 0.3) is 5.56 Å². The summed E-state index contributed by atoms with van der Waals surface area (Å²) >= 11 is 1.65. The van der Waals surface area contributed by atoms with Crippen molar-refractivity contribution in [3.63, 3.8) is 0 Å². The number of carboxylic acid groups (broad SMARTS) is 1. The zero-order valence-electron chi connectivity index (χ0n) is 11.4. The van der Waals surface area contributed by atoms with Gasteiger partial charge in [-0.05, 0) is 39.5 Å². The minimum atomic E-state index is -0.985. The van der Waals surface area contributed by atoms with Gasteiger partial charge in [-0.1, -0.05) is 0 Å². The van der Waals surface area contributed by atoms with Crippen LogP contribution < -0.4 is 5.56 Å². The van der Waals surface area contributed by atoms with Crippen LogP contribution in [-0.2, 0) is 6.54 Å². The summed E-state index contributed by atoms with van der Waals surface area (Å²) in [6, 6.07) is 1.40. The van der Waals surface area contributed by atoms with E-state index in [1.807, 2.05) is 20.1 Å². The molecular formula is C13H19NO3S. The van der Waals surface area contributed by atoms with E-state index in [2.05, 4.69) is 0 Å². The number of hydrogen-bond donors (Lipinski definition) is 1. The van der Waals surface area contributed by atoms with Crippen molar-refractivity contribution in [3.05, 3.63) is 33.2 Å². The van der Waals surface area contributed by atoms with E-state index >= 15 is 0 Å². The van der Waals surface area contributed by atoms with Crippen LogP contribution in [-0.4, -0.2) is 26.6 Å². The SMILES string of the molecule is CSC(C)(C)Cn1c(C)c(C(=O)O)c(C)cc1=O. The zero-order chi connectivity index (χ0) is 14.1. The Balaban J connectivity index is 3.42. The van der Waals surface area contributed by atoms with Crippen LogP contribution in [0.5, 0.6) is 0 Å². The number of aromatic carboxylic acids is 1. The summed E-state index contributed by atoms with van der Waals surface area (Å²) in [6.45, 7) is 7.91. The monoisotopic (exact) mass is 269 g/mol. The number of rotatable bonds is 4. The topological polar surface area (TPSA) is 59.3 Å². The fourth-order valence-electron chi connectivity index (χ4n) is 1.89. The van der Waals surface area contributed by atoms with Crippen LogP contribution in [0.25, 0.3) is 0 Å². The first-order chi connectivity index (χ1) is 8.19. The molecule has 1 aromatic heterocycles. The highest BCUT2D eigenvalue weighted by molar-refractivity contribution is 7.99. The molecule has 0 atom stereocenters. The van der Waals surface area contributed by atoms with Crippen molar-refractivity contribution in [1.82, 2.24) is 4.57 Å². The van der Waals surface area contributed by atoms with Crippen molar-refractivity contribution in [2.75, 3.05) is 6.26 Å². The maximum atomic E-state index is 12.0. The lowest BCUT2D eigenvalue weighted by Gasteiger charge is -2.25. The number of carbonyl (C=O) groups is 1. The van der Waals surface area contributed by atoms with E-state index in [1.165, 1.54) is 6.07 Å². The lowest BCUT2D eigenvalue weighted by molar-refractivity contribution is 0.0694. The Kier molecular flexibility index (Phi) is 4.27. The minimum absolute atomic E-state index is 0.111. The zero-order valence-corrected chi connectivity index (χ0v) is 12.2. The predicted octanol–water partition coefficient (Wildman–Crippen LogP) is 2.30. The van der Waals surface area contributed by atoms with Crippen molar-refractivity contribution in [2.24, 2.45) is 0 Å². The molecule has 1 rings (SSSR count). The number of thioether (sulfide) groups is 1. The average molecular weight is 269 g/mol. The molecule has 0 aliphatic heterocycles. The molecule has 0 fully saturated rings. The Labute approximate surface area is 111 Å². The number of carboxylic acids is 1. The fourth-order valence-corrected chi connectivity index (χ4v) is 2.14. The third-order valence-electron chi connectivity index (χ3n) is 3.07. The molecule has 0 aliphatic rings. The van der Waals surface area contributed by atoms with E-state index in [9.17, 15) is 14.7 Å². The molecule has 100 valence electrons. The summed E-state index contributed by atoms with van der Waals surface area (Å²) in [5.74, 6) is -0.985. The van der Waals surface area contributed by atoms with E-state index in [0.717, 1.165) is 0 Å². The third-order valence-corrected chi connectivity index (χ3v) is 4.31. The summed E-state index contributed by atoms with van der Waals surface area (Å²) in [4.78, 5) is 23.2. The molecule has 0 bridgehead atoms. The minimum Gasteiger partial charge on any atom is -0.478 e. The van der Waals surface area contributed by atoms with E-state index in [1.54, 1.807) is 30.2 Å². The standard InChI is InChI=1S/C13H19NO3S/c1-8-6-10(15)14(7-13(3,4)18-5)9(2)11(8)12(16)17/h6H,7H2,1-5H3,(H,16,17). The van der Waals surface area contributed by atoms with Crippen LogP contribution in [0.1, 0.15) is 35.5 Å². The van der Waals surface area contributed by atoms with E-state index in [0.29, 0.717) is 17.8 Å². The Bertz CT molecular complexity index is 532. The molecule has 0 unspecified atom stereocenters. The van der Waals surface area contributed by atoms with Crippen molar-refractivity contribution < 1.29 is 9.90 Å². The van der Waals surface area contributed by atoms with Gasteiger partial charge in [0.2, 0.25) is 0 Å². The molecule has 0 radical (unpaired) electrons. The van der Waals surface area contributed by atoms with Crippen LogP contribution in [0.4, 0.5) is 0 Å². The molecule has 0 saturated heterocycles. The maximum absolute atomic E-state index is 12.0. The maximum Gasteiger partial charge on any atom is 0.337 e. The van der Waals surface area contributed by atoms with E-state index < -0.39 is 5.97 Å². The predicted molar refractivity (Wildman–Crippen MR) is 74.7 cm³/mol. The second-order valence-electron chi connectivity index (χ2n) is 4.98. The largest absolute Gasteiger partial charge is 0.478 e. The molecule has 18 heavy (non-hydrogen) atoms. The Morgan fingerprint density at radius 2 is 2.00 bits per heavy atom. The van der Waals surface area contributed by atoms with E-state index in [4.69, 9.17) is 0 Å². The molecule has 1 N–H and O–H groups in total. The summed E-state index contributed by atoms with van der Waals surface area (Å²) in [6.07, 6.45) is 1.98. The lowest BCUT2D eigenvalue weighted by atomic mass is 10.1. The lowest BCUT2D eigenvalue weighted by Crippen LogP contribution is -2.33. The van der Waals surface area contributed by atoms with Crippen LogP contribution in [0.3, 0.4) is 0 Å². The molecule has 4 nitrogen and oxygen atoms in total. The van der Waals surface area contributed by atoms with Gasteiger partial charge >= 0.3 is 5.97 Å². The number of pyridine rings is 1. The molecular weight excluding hydrogens is 250 g/mol. The Morgan fingerprint density at radius 3 is 2.44 bits per heavy atom. The Morgan fingerprint density at radius 1 is 1.44 bits per heavy atom. The van der Waals surface area contributed by atoms with Gasteiger partial charge in [0.15, 0.2) is 0 Å². The first-order valence-corrected chi connectivity index (χ1v) is 6.91. The van der Waals surface area contributed by atoms with E-state index in [-0.39, 0.29) is 15.9 Å². The molecule has 1 heterocycles. The van der Waals surface area contributed by atoms with Gasteiger partial charge in [-0.15, -0.1) is 0 Å². The van der Waals surface area contributed by atoms with Gasteiger partial charge in [0.05, 0.1) is 5.56 Å². The fraction of sp³-hybridized carbons (Fsp3) is 0.538. The summed E-state index contributed by atoms with van der Waals surface area (Å²) < 4.78 is 1.44. The van der Waals surface area contributed by atoms with Gasteiger partial charge in [-0.3, -0.25) is 4.79 Å². The average Bonchev–Trinajstić information content (AvgIpc) is 2.23. The summed E-state index contributed by atoms with van der Waals surface area (Å²) in [7, 11) is 0. The van der Waals surface area contributed by atoms with Crippen molar-refractivity contribution >= 4 is 17.7 Å². The number of aryl methyl sites for hydroxylation is 1. The number of hydrogen-bond acceptors (Lipinski definition) is 3. The van der Waals surface area contributed by atoms with Crippen LogP contribution in [0, 0.1) is 13.8 Å². The highest BCUT2D eigenvalue weighted by Crippen LogP contribution is 2.24. The van der Waals surface area contributed by atoms with Gasteiger partial charge in [0.1, 0.15) is 0 Å². The second kappa shape index (κ2) is 5.18. The highest BCUT2D eigenvalue weighted by atomic mass is 32.2. The van der Waals surface area contributed by atoms with Crippen molar-refractivity contribution in [3.8, 4) is 0 Å². The highest BCUT2D eigenvalue weighted by Gasteiger charge is 2.22. The van der Waals surface area contributed by atoms with Gasteiger partial charge in [0, 0.05) is 23.1 Å². The van der Waals surface area contributed by atoms with Gasteiger partial charge in [-0.2, -0.15) is 11.8 Å². The third kappa shape index (κ3) is 2.96. The number of aromatic nitrogens is 1. The first kappa shape index (κ1) is 14.8. The molecule has 0 saturated carbocycles. The van der Waals surface area contributed by atoms with Gasteiger partial charge < -0.3 is 9.67 Å². The van der Waals surface area contributed by atoms with Crippen molar-refractivity contribution in [1.29, 1.82) is 0 Å². The summed E-state index contributed by atoms with van der Waals surface area (Å²) in [5, 5.41) is 9.20. The summed E-state index contributed by atoms with van der Waals surface area (Å²) in [5.41, 5.74) is 1.13. The van der Waals surface area contributed by atoms with Crippen molar-refractivity contribution in [2.45, 2.75) is 39.0 Å². The quantitative estimate of drug-likeness (QED) is 0.911. The molecule has 0 aliphatic carbocycles. The van der Waals surface area contributed by atoms with Crippen LogP contribution in [0.15, 0.2) is 10.9 Å². The molecule has 0 spiro atoms. The van der Waals surface area contributed by atoms with Crippen LogP contribution in [0.2, 0.25) is 0 Å². The smallest absolute Gasteiger partial charge is 0.337 e. The first-order valence-electron chi connectivity index (χ1n) is 5.69. The molecule has 0 amide bonds. The second-order valence-corrected chi connectivity index (χ2v) is 6.49. The van der Waals surface area contributed by atoms with Gasteiger partial charge in [-0.25, -0.2) is 4.79 Å². The molecule has 0 aromatic carbocycles. The van der Waals surface area contributed by atoms with Crippen LogP contribution >= 0.6 is 11.8 Å².